The monoisotopic (exact) mass is 326 g/mol. The Kier molecular flexibility index (Phi) is 6.07. The predicted molar refractivity (Wildman–Crippen MR) is 67.2 cm³/mol. The Morgan fingerprint density at radius 2 is 1.50 bits per heavy atom. The van der Waals surface area contributed by atoms with Gasteiger partial charge in [-0.1, -0.05) is 0 Å². The highest BCUT2D eigenvalue weighted by Crippen LogP contribution is 2.24. The van der Waals surface area contributed by atoms with Gasteiger partial charge in [0, 0.05) is 6.42 Å². The molecule has 2 heterocycles. The van der Waals surface area contributed by atoms with Crippen molar-refractivity contribution in [1.82, 2.24) is 0 Å². The molecule has 0 amide bonds. The fourth-order valence-corrected chi connectivity index (χ4v) is 2.42. The predicted octanol–water partition coefficient (Wildman–Crippen LogP) is -4.37. The average Bonchev–Trinajstić information content (AvgIpc) is 2.49. The average molecular weight is 326 g/mol. The van der Waals surface area contributed by atoms with Crippen LogP contribution in [0.1, 0.15) is 6.42 Å². The van der Waals surface area contributed by atoms with Crippen LogP contribution in [0, 0.1) is 0 Å². The molecule has 0 bridgehead atoms. The van der Waals surface area contributed by atoms with Crippen LogP contribution in [0.5, 0.6) is 0 Å². The summed E-state index contributed by atoms with van der Waals surface area (Å²) in [4.78, 5) is 0. The molecule has 2 saturated heterocycles. The zero-order valence-corrected chi connectivity index (χ0v) is 11.7. The fraction of sp³-hybridized carbons (Fsp3) is 1.00. The third kappa shape index (κ3) is 3.74. The van der Waals surface area contributed by atoms with E-state index in [9.17, 15) is 30.6 Å². The van der Waals surface area contributed by atoms with Gasteiger partial charge in [-0.25, -0.2) is 0 Å². The van der Waals surface area contributed by atoms with E-state index in [1.54, 1.807) is 0 Å². The van der Waals surface area contributed by atoms with Crippen molar-refractivity contribution in [2.24, 2.45) is 0 Å². The fourth-order valence-electron chi connectivity index (χ4n) is 2.42. The lowest BCUT2D eigenvalue weighted by atomic mass is 9.99. The first-order valence-corrected chi connectivity index (χ1v) is 6.97. The van der Waals surface area contributed by atoms with Crippen LogP contribution in [-0.2, 0) is 14.2 Å². The van der Waals surface area contributed by atoms with Crippen molar-refractivity contribution in [3.05, 3.63) is 0 Å². The molecule has 0 aromatic carbocycles. The molecule has 22 heavy (non-hydrogen) atoms. The summed E-state index contributed by atoms with van der Waals surface area (Å²) in [5.74, 6) is 0. The lowest BCUT2D eigenvalue weighted by Gasteiger charge is -2.41. The summed E-state index contributed by atoms with van der Waals surface area (Å²) < 4.78 is 15.3. The van der Waals surface area contributed by atoms with E-state index in [1.165, 1.54) is 0 Å². The van der Waals surface area contributed by atoms with Gasteiger partial charge in [-0.05, 0) is 0 Å². The van der Waals surface area contributed by atoms with Crippen molar-refractivity contribution in [3.8, 4) is 0 Å². The second kappa shape index (κ2) is 7.45. The Labute approximate surface area is 126 Å². The summed E-state index contributed by atoms with van der Waals surface area (Å²) in [7, 11) is 0. The number of ether oxygens (including phenoxy) is 3. The Balaban J connectivity index is 1.90. The molecular weight excluding hydrogens is 304 g/mol. The van der Waals surface area contributed by atoms with Gasteiger partial charge in [0.05, 0.1) is 19.3 Å². The molecule has 0 saturated carbocycles. The normalized spacial score (nSPS) is 50.0. The van der Waals surface area contributed by atoms with Crippen LogP contribution in [0.2, 0.25) is 0 Å². The van der Waals surface area contributed by atoms with Crippen LogP contribution in [-0.4, -0.2) is 104 Å². The lowest BCUT2D eigenvalue weighted by Crippen LogP contribution is -2.59. The smallest absolute Gasteiger partial charge is 0.186 e. The molecule has 0 aliphatic carbocycles. The lowest BCUT2D eigenvalue weighted by molar-refractivity contribution is -0.317. The van der Waals surface area contributed by atoms with Crippen molar-refractivity contribution in [2.45, 2.75) is 61.7 Å². The Morgan fingerprint density at radius 3 is 2.14 bits per heavy atom. The summed E-state index contributed by atoms with van der Waals surface area (Å²) >= 11 is 0. The maximum Gasteiger partial charge on any atom is 0.186 e. The van der Waals surface area contributed by atoms with Crippen LogP contribution in [0.4, 0.5) is 0 Å². The van der Waals surface area contributed by atoms with Gasteiger partial charge in [0.25, 0.3) is 0 Å². The number of aliphatic hydroxyl groups excluding tert-OH is 7. The SMILES string of the molecule is OCC1OC(OCC2OC(O)C(O)CC2O)C(O)C(O)C1O. The van der Waals surface area contributed by atoms with E-state index in [-0.39, 0.29) is 13.0 Å². The highest BCUT2D eigenvalue weighted by Gasteiger charge is 2.45. The van der Waals surface area contributed by atoms with Crippen LogP contribution in [0.15, 0.2) is 0 Å². The van der Waals surface area contributed by atoms with Gasteiger partial charge in [-0.15, -0.1) is 0 Å². The summed E-state index contributed by atoms with van der Waals surface area (Å²) in [5, 5.41) is 66.5. The van der Waals surface area contributed by atoms with Crippen molar-refractivity contribution in [2.75, 3.05) is 13.2 Å². The van der Waals surface area contributed by atoms with Crippen molar-refractivity contribution >= 4 is 0 Å². The number of hydrogen-bond acceptors (Lipinski definition) is 10. The number of hydrogen-bond donors (Lipinski definition) is 7. The van der Waals surface area contributed by atoms with Crippen LogP contribution in [0.25, 0.3) is 0 Å². The van der Waals surface area contributed by atoms with Crippen LogP contribution < -0.4 is 0 Å². The van der Waals surface area contributed by atoms with E-state index in [0.717, 1.165) is 0 Å². The van der Waals surface area contributed by atoms with Crippen LogP contribution >= 0.6 is 0 Å². The highest BCUT2D eigenvalue weighted by atomic mass is 16.7. The van der Waals surface area contributed by atoms with E-state index >= 15 is 0 Å². The first-order chi connectivity index (χ1) is 10.3. The number of aliphatic hydroxyl groups is 7. The van der Waals surface area contributed by atoms with Gasteiger partial charge in [0.1, 0.15) is 36.6 Å². The molecule has 2 aliphatic heterocycles. The zero-order chi connectivity index (χ0) is 16.4. The molecule has 7 N–H and O–H groups in total. The molecule has 9 unspecified atom stereocenters. The molecule has 2 aliphatic rings. The molecule has 0 spiro atoms. The van der Waals surface area contributed by atoms with E-state index in [1.807, 2.05) is 0 Å². The minimum atomic E-state index is -1.57. The topological polar surface area (TPSA) is 169 Å². The largest absolute Gasteiger partial charge is 0.394 e. The third-order valence-corrected chi connectivity index (χ3v) is 3.83. The molecule has 0 aromatic rings. The molecule has 10 heteroatoms. The van der Waals surface area contributed by atoms with Gasteiger partial charge in [0.2, 0.25) is 0 Å². The molecule has 9 atom stereocenters. The zero-order valence-electron chi connectivity index (χ0n) is 11.7. The molecule has 2 fully saturated rings. The highest BCUT2D eigenvalue weighted by molar-refractivity contribution is 4.89. The Hall–Kier alpha value is -0.400. The summed E-state index contributed by atoms with van der Waals surface area (Å²) in [5.41, 5.74) is 0. The van der Waals surface area contributed by atoms with Crippen molar-refractivity contribution in [3.63, 3.8) is 0 Å². The molecule has 2 rings (SSSR count). The van der Waals surface area contributed by atoms with Crippen molar-refractivity contribution in [1.29, 1.82) is 0 Å². The van der Waals surface area contributed by atoms with E-state index in [4.69, 9.17) is 19.3 Å². The molecular formula is C12H22O10. The van der Waals surface area contributed by atoms with Gasteiger partial charge < -0.3 is 50.0 Å². The van der Waals surface area contributed by atoms with Crippen molar-refractivity contribution < 1.29 is 50.0 Å². The van der Waals surface area contributed by atoms with Crippen LogP contribution in [0.3, 0.4) is 0 Å². The van der Waals surface area contributed by atoms with E-state index in [2.05, 4.69) is 0 Å². The molecule has 10 nitrogen and oxygen atoms in total. The summed E-state index contributed by atoms with van der Waals surface area (Å²) in [6, 6.07) is 0. The molecule has 130 valence electrons. The van der Waals surface area contributed by atoms with Gasteiger partial charge in [-0.2, -0.15) is 0 Å². The maximum absolute atomic E-state index is 9.78. The van der Waals surface area contributed by atoms with Gasteiger partial charge in [0.15, 0.2) is 12.6 Å². The first-order valence-electron chi connectivity index (χ1n) is 6.97. The van der Waals surface area contributed by atoms with E-state index in [0.29, 0.717) is 0 Å². The second-order valence-corrected chi connectivity index (χ2v) is 5.47. The minimum Gasteiger partial charge on any atom is -0.394 e. The molecule has 0 radical (unpaired) electrons. The molecule has 0 aromatic heterocycles. The number of rotatable bonds is 4. The Morgan fingerprint density at radius 1 is 0.818 bits per heavy atom. The quantitative estimate of drug-likeness (QED) is 0.268. The maximum atomic E-state index is 9.78. The standard InChI is InChI=1S/C12H22O10/c13-2-6-8(16)9(17)10(18)12(22-6)20-3-7-4(14)1-5(15)11(19)21-7/h4-19H,1-3H2. The summed E-state index contributed by atoms with van der Waals surface area (Å²) in [6.45, 7) is -0.883. The van der Waals surface area contributed by atoms with Gasteiger partial charge in [-0.3, -0.25) is 0 Å². The first kappa shape index (κ1) is 17.9. The Bertz CT molecular complexity index is 353. The minimum absolute atomic E-state index is 0.107. The third-order valence-electron chi connectivity index (χ3n) is 3.83. The van der Waals surface area contributed by atoms with Gasteiger partial charge >= 0.3 is 0 Å². The summed E-state index contributed by atoms with van der Waals surface area (Å²) in [6.07, 6.45) is -11.9. The second-order valence-electron chi connectivity index (χ2n) is 5.47. The van der Waals surface area contributed by atoms with E-state index < -0.39 is 61.9 Å².